The quantitative estimate of drug-likeness (QED) is 0.770. The van der Waals surface area contributed by atoms with Crippen molar-refractivity contribution >= 4 is 42.1 Å². The summed E-state index contributed by atoms with van der Waals surface area (Å²) >= 11 is 1.63. The molecule has 1 atom stereocenters. The van der Waals surface area contributed by atoms with Crippen molar-refractivity contribution in [3.05, 3.63) is 16.1 Å². The van der Waals surface area contributed by atoms with E-state index in [0.29, 0.717) is 18.9 Å². The molecule has 144 valence electrons. The number of halogens is 4. The van der Waals surface area contributed by atoms with Gasteiger partial charge in [-0.1, -0.05) is 19.3 Å². The molecule has 1 unspecified atom stereocenters. The summed E-state index contributed by atoms with van der Waals surface area (Å²) in [6, 6.07) is -0.779. The van der Waals surface area contributed by atoms with Crippen LogP contribution in [0, 0.1) is 0 Å². The molecule has 1 saturated heterocycles. The molecule has 2 aliphatic rings. The molecule has 0 radical (unpaired) electrons. The second-order valence-electron chi connectivity index (χ2n) is 6.54. The maximum Gasteiger partial charge on any atom is 0.262 e. The van der Waals surface area contributed by atoms with Crippen molar-refractivity contribution in [1.82, 2.24) is 15.6 Å². The SMILES string of the molecule is Cl.Cl.O=C(NCCc1nc(C2CCCCC2)cs1)C1CC(F)(F)CN1. The number of hydrogen-bond donors (Lipinski definition) is 2. The van der Waals surface area contributed by atoms with Gasteiger partial charge in [0.05, 0.1) is 23.3 Å². The van der Waals surface area contributed by atoms with Crippen LogP contribution in [0.4, 0.5) is 8.78 Å². The topological polar surface area (TPSA) is 54.0 Å². The summed E-state index contributed by atoms with van der Waals surface area (Å²) < 4.78 is 26.1. The summed E-state index contributed by atoms with van der Waals surface area (Å²) in [6.45, 7) is 0.0303. The lowest BCUT2D eigenvalue weighted by atomic mass is 9.87. The fraction of sp³-hybridized carbons (Fsp3) is 0.750. The lowest BCUT2D eigenvalue weighted by molar-refractivity contribution is -0.123. The highest BCUT2D eigenvalue weighted by Crippen LogP contribution is 2.33. The molecule has 1 aromatic heterocycles. The van der Waals surface area contributed by atoms with E-state index in [0.717, 1.165) is 5.01 Å². The molecule has 2 fully saturated rings. The van der Waals surface area contributed by atoms with Gasteiger partial charge in [-0.3, -0.25) is 10.1 Å². The first-order chi connectivity index (χ1) is 11.0. The van der Waals surface area contributed by atoms with Gasteiger partial charge in [-0.2, -0.15) is 0 Å². The van der Waals surface area contributed by atoms with Gasteiger partial charge in [0, 0.05) is 30.7 Å². The van der Waals surface area contributed by atoms with Crippen molar-refractivity contribution in [3.63, 3.8) is 0 Å². The molecule has 0 spiro atoms. The summed E-state index contributed by atoms with van der Waals surface area (Å²) in [5.41, 5.74) is 1.19. The number of hydrogen-bond acceptors (Lipinski definition) is 4. The first-order valence-corrected chi connectivity index (χ1v) is 9.25. The van der Waals surface area contributed by atoms with E-state index in [9.17, 15) is 13.6 Å². The van der Waals surface area contributed by atoms with Crippen LogP contribution in [0.25, 0.3) is 0 Å². The molecule has 1 aliphatic carbocycles. The third kappa shape index (κ3) is 6.31. The molecule has 4 nitrogen and oxygen atoms in total. The number of rotatable bonds is 5. The van der Waals surface area contributed by atoms with Crippen LogP contribution < -0.4 is 10.6 Å². The average Bonchev–Trinajstić information content (AvgIpc) is 3.14. The summed E-state index contributed by atoms with van der Waals surface area (Å²) in [6.07, 6.45) is 6.59. The van der Waals surface area contributed by atoms with Crippen molar-refractivity contribution < 1.29 is 13.6 Å². The second kappa shape index (κ2) is 10.00. The highest BCUT2D eigenvalue weighted by atomic mass is 35.5. The van der Waals surface area contributed by atoms with Crippen molar-refractivity contribution in [2.45, 2.75) is 62.8 Å². The van der Waals surface area contributed by atoms with Crippen molar-refractivity contribution in [2.75, 3.05) is 13.1 Å². The Labute approximate surface area is 163 Å². The predicted molar refractivity (Wildman–Crippen MR) is 101 cm³/mol. The first kappa shape index (κ1) is 22.5. The van der Waals surface area contributed by atoms with Crippen molar-refractivity contribution in [2.24, 2.45) is 0 Å². The number of nitrogens with one attached hydrogen (secondary N) is 2. The van der Waals surface area contributed by atoms with Gasteiger partial charge in [0.1, 0.15) is 0 Å². The number of carbonyl (C=O) groups excluding carboxylic acids is 1. The van der Waals surface area contributed by atoms with E-state index in [1.807, 2.05) is 0 Å². The Hall–Kier alpha value is -0.500. The lowest BCUT2D eigenvalue weighted by Gasteiger charge is -2.19. The minimum absolute atomic E-state index is 0. The Morgan fingerprint density at radius 3 is 2.68 bits per heavy atom. The van der Waals surface area contributed by atoms with E-state index in [2.05, 4.69) is 21.0 Å². The maximum atomic E-state index is 13.1. The first-order valence-electron chi connectivity index (χ1n) is 8.37. The molecule has 1 saturated carbocycles. The Morgan fingerprint density at radius 2 is 2.04 bits per heavy atom. The Morgan fingerprint density at radius 1 is 1.32 bits per heavy atom. The molecular formula is C16H25Cl2F2N3OS. The van der Waals surface area contributed by atoms with E-state index >= 15 is 0 Å². The standard InChI is InChI=1S/C16H23F2N3OS.2ClH/c17-16(18)8-12(20-10-16)15(22)19-7-6-14-21-13(9-23-14)11-4-2-1-3-5-11;;/h9,11-12,20H,1-8,10H2,(H,19,22);2*1H. The van der Waals surface area contributed by atoms with Crippen molar-refractivity contribution in [3.8, 4) is 0 Å². The van der Waals surface area contributed by atoms with Gasteiger partial charge >= 0.3 is 0 Å². The Kier molecular flexibility index (Phi) is 9.01. The van der Waals surface area contributed by atoms with Crippen LogP contribution in [0.5, 0.6) is 0 Å². The van der Waals surface area contributed by atoms with Crippen LogP contribution in [0.2, 0.25) is 0 Å². The Balaban J connectivity index is 0.00000156. The fourth-order valence-electron chi connectivity index (χ4n) is 3.34. The maximum absolute atomic E-state index is 13.1. The second-order valence-corrected chi connectivity index (χ2v) is 7.48. The molecule has 1 aromatic rings. The van der Waals surface area contributed by atoms with E-state index < -0.39 is 24.9 Å². The fourth-order valence-corrected chi connectivity index (χ4v) is 4.22. The summed E-state index contributed by atoms with van der Waals surface area (Å²) in [4.78, 5) is 16.5. The minimum Gasteiger partial charge on any atom is -0.354 e. The molecule has 2 heterocycles. The smallest absolute Gasteiger partial charge is 0.262 e. The summed E-state index contributed by atoms with van der Waals surface area (Å²) in [7, 11) is 0. The number of nitrogens with zero attached hydrogens (tertiary/aromatic N) is 1. The van der Waals surface area contributed by atoms with E-state index in [1.165, 1.54) is 37.8 Å². The lowest BCUT2D eigenvalue weighted by Crippen LogP contribution is -2.41. The average molecular weight is 416 g/mol. The minimum atomic E-state index is -2.77. The number of aromatic nitrogens is 1. The Bertz CT molecular complexity index is 553. The van der Waals surface area contributed by atoms with Crippen molar-refractivity contribution in [1.29, 1.82) is 0 Å². The van der Waals surface area contributed by atoms with Gasteiger partial charge in [-0.25, -0.2) is 13.8 Å². The van der Waals surface area contributed by atoms with Crippen LogP contribution in [0.3, 0.4) is 0 Å². The molecule has 0 aromatic carbocycles. The molecule has 1 aliphatic heterocycles. The highest BCUT2D eigenvalue weighted by Gasteiger charge is 2.42. The number of amides is 1. The van der Waals surface area contributed by atoms with Gasteiger partial charge in [-0.15, -0.1) is 36.2 Å². The van der Waals surface area contributed by atoms with E-state index in [-0.39, 0.29) is 30.7 Å². The number of alkyl halides is 2. The molecule has 1 amide bonds. The molecule has 0 bridgehead atoms. The molecule has 2 N–H and O–H groups in total. The van der Waals surface area contributed by atoms with Gasteiger partial charge in [0.2, 0.25) is 5.91 Å². The third-order valence-corrected chi connectivity index (χ3v) is 5.58. The van der Waals surface area contributed by atoms with Gasteiger partial charge in [0.25, 0.3) is 5.92 Å². The molecular weight excluding hydrogens is 391 g/mol. The van der Waals surface area contributed by atoms with Gasteiger partial charge in [0.15, 0.2) is 0 Å². The highest BCUT2D eigenvalue weighted by molar-refractivity contribution is 7.09. The third-order valence-electron chi connectivity index (χ3n) is 4.66. The number of thiazole rings is 1. The zero-order valence-corrected chi connectivity index (χ0v) is 16.4. The van der Waals surface area contributed by atoms with Gasteiger partial charge < -0.3 is 5.32 Å². The molecule has 9 heteroatoms. The molecule has 25 heavy (non-hydrogen) atoms. The van der Waals surface area contributed by atoms with Crippen LogP contribution in [-0.2, 0) is 11.2 Å². The largest absolute Gasteiger partial charge is 0.354 e. The summed E-state index contributed by atoms with van der Waals surface area (Å²) in [5, 5.41) is 8.44. The normalized spacial score (nSPS) is 22.7. The zero-order valence-electron chi connectivity index (χ0n) is 13.9. The zero-order chi connectivity index (χ0) is 16.3. The van der Waals surface area contributed by atoms with Crippen LogP contribution in [0.15, 0.2) is 5.38 Å². The number of carbonyl (C=O) groups is 1. The van der Waals surface area contributed by atoms with Crippen LogP contribution >= 0.6 is 36.2 Å². The van der Waals surface area contributed by atoms with E-state index in [1.54, 1.807) is 11.3 Å². The van der Waals surface area contributed by atoms with E-state index in [4.69, 9.17) is 0 Å². The van der Waals surface area contributed by atoms with Crippen LogP contribution in [0.1, 0.15) is 55.1 Å². The summed E-state index contributed by atoms with van der Waals surface area (Å²) in [5.74, 6) is -2.52. The predicted octanol–water partition coefficient (Wildman–Crippen LogP) is 3.69. The van der Waals surface area contributed by atoms with Crippen LogP contribution in [-0.4, -0.2) is 35.9 Å². The molecule has 3 rings (SSSR count). The van der Waals surface area contributed by atoms with Gasteiger partial charge in [-0.05, 0) is 12.8 Å². The monoisotopic (exact) mass is 415 g/mol.